The molecule has 2 rings (SSSR count). The highest BCUT2D eigenvalue weighted by atomic mass is 16.5. The first-order valence-electron chi connectivity index (χ1n) is 7.91. The van der Waals surface area contributed by atoms with Gasteiger partial charge in [-0.3, -0.25) is 4.79 Å². The summed E-state index contributed by atoms with van der Waals surface area (Å²) in [5.74, 6) is -0.671. The van der Waals surface area contributed by atoms with Gasteiger partial charge in [0.1, 0.15) is 5.56 Å². The third-order valence-electron chi connectivity index (χ3n) is 4.09. The molecule has 126 valence electrons. The fraction of sp³-hybridized carbons (Fsp3) is 0.529. The average Bonchev–Trinajstić information content (AvgIpc) is 2.59. The summed E-state index contributed by atoms with van der Waals surface area (Å²) in [6.45, 7) is 0.267. The topological polar surface area (TPSA) is 84.9 Å². The minimum Gasteiger partial charge on any atom is -0.504 e. The van der Waals surface area contributed by atoms with Gasteiger partial charge in [-0.1, -0.05) is 25.3 Å². The predicted octanol–water partition coefficient (Wildman–Crippen LogP) is 2.25. The molecule has 0 aliphatic heterocycles. The van der Waals surface area contributed by atoms with Crippen LogP contribution >= 0.6 is 0 Å². The summed E-state index contributed by atoms with van der Waals surface area (Å²) >= 11 is 0. The number of methoxy groups -OCH3 is 1. The van der Waals surface area contributed by atoms with Crippen molar-refractivity contribution in [2.24, 2.45) is 5.92 Å². The van der Waals surface area contributed by atoms with Gasteiger partial charge in [-0.25, -0.2) is 4.79 Å². The van der Waals surface area contributed by atoms with E-state index in [4.69, 9.17) is 9.47 Å². The van der Waals surface area contributed by atoms with Crippen molar-refractivity contribution in [2.75, 3.05) is 20.3 Å². The van der Waals surface area contributed by atoms with E-state index in [0.717, 1.165) is 12.8 Å². The number of carbonyl (C=O) groups excluding carboxylic acids is 2. The number of phenolic OH excluding ortho intramolecular Hbond substituents is 1. The zero-order valence-corrected chi connectivity index (χ0v) is 13.3. The number of benzene rings is 1. The molecule has 1 amide bonds. The lowest BCUT2D eigenvalue weighted by molar-refractivity contribution is -0.124. The number of nitrogens with one attached hydrogen (secondary N) is 1. The van der Waals surface area contributed by atoms with E-state index in [0.29, 0.717) is 12.5 Å². The Morgan fingerprint density at radius 2 is 2.00 bits per heavy atom. The summed E-state index contributed by atoms with van der Waals surface area (Å²) in [5.41, 5.74) is -0.0237. The fourth-order valence-corrected chi connectivity index (χ4v) is 2.76. The third kappa shape index (κ3) is 4.87. The van der Waals surface area contributed by atoms with Crippen LogP contribution in [0.15, 0.2) is 18.2 Å². The number of hydrogen-bond donors (Lipinski definition) is 2. The van der Waals surface area contributed by atoms with Crippen LogP contribution in [0.1, 0.15) is 42.5 Å². The molecular formula is C17H23NO5. The van der Waals surface area contributed by atoms with Crippen molar-refractivity contribution in [2.45, 2.75) is 32.1 Å². The van der Waals surface area contributed by atoms with Crippen molar-refractivity contribution in [1.82, 2.24) is 5.32 Å². The molecule has 6 heteroatoms. The van der Waals surface area contributed by atoms with E-state index < -0.39 is 5.97 Å². The quantitative estimate of drug-likeness (QED) is 0.785. The van der Waals surface area contributed by atoms with Gasteiger partial charge in [-0.15, -0.1) is 0 Å². The number of aromatic hydroxyl groups is 1. The van der Waals surface area contributed by atoms with Crippen molar-refractivity contribution in [3.8, 4) is 11.5 Å². The Hall–Kier alpha value is -2.24. The van der Waals surface area contributed by atoms with E-state index >= 15 is 0 Å². The Labute approximate surface area is 135 Å². The molecule has 1 aliphatic carbocycles. The van der Waals surface area contributed by atoms with Gasteiger partial charge in [-0.05, 0) is 30.9 Å². The Balaban J connectivity index is 1.78. The van der Waals surface area contributed by atoms with Gasteiger partial charge in [-0.2, -0.15) is 0 Å². The number of esters is 1. The van der Waals surface area contributed by atoms with E-state index in [-0.39, 0.29) is 29.6 Å². The number of ether oxygens (including phenoxy) is 2. The summed E-state index contributed by atoms with van der Waals surface area (Å²) in [4.78, 5) is 23.7. The van der Waals surface area contributed by atoms with Crippen molar-refractivity contribution >= 4 is 11.9 Å². The molecule has 0 heterocycles. The van der Waals surface area contributed by atoms with Gasteiger partial charge in [0.05, 0.1) is 7.11 Å². The second-order valence-corrected chi connectivity index (χ2v) is 5.74. The molecule has 1 aromatic carbocycles. The molecule has 6 nitrogen and oxygen atoms in total. The summed E-state index contributed by atoms with van der Waals surface area (Å²) in [5, 5.41) is 12.7. The lowest BCUT2D eigenvalue weighted by Gasteiger charge is -2.21. The van der Waals surface area contributed by atoms with Crippen LogP contribution < -0.4 is 10.1 Å². The molecule has 0 spiro atoms. The molecule has 23 heavy (non-hydrogen) atoms. The first-order chi connectivity index (χ1) is 11.1. The number of para-hydroxylation sites is 1. The second kappa shape index (κ2) is 8.41. The molecule has 0 saturated heterocycles. The standard InChI is InChI=1S/C17H23NO5/c1-22-14-9-5-8-13(16(14)20)17(21)23-11-15(19)18-10-12-6-3-2-4-7-12/h5,8-9,12,20H,2-4,6-7,10-11H2,1H3,(H,18,19). The van der Waals surface area contributed by atoms with Crippen molar-refractivity contribution in [3.05, 3.63) is 23.8 Å². The van der Waals surface area contributed by atoms with Gasteiger partial charge >= 0.3 is 5.97 Å². The molecule has 2 N–H and O–H groups in total. The van der Waals surface area contributed by atoms with E-state index in [1.807, 2.05) is 0 Å². The summed E-state index contributed by atoms with van der Waals surface area (Å²) in [6.07, 6.45) is 5.97. The highest BCUT2D eigenvalue weighted by Gasteiger charge is 2.18. The Morgan fingerprint density at radius 1 is 1.26 bits per heavy atom. The van der Waals surface area contributed by atoms with Crippen LogP contribution in [0.25, 0.3) is 0 Å². The van der Waals surface area contributed by atoms with Crippen LogP contribution in [0.2, 0.25) is 0 Å². The van der Waals surface area contributed by atoms with Crippen molar-refractivity contribution < 1.29 is 24.2 Å². The van der Waals surface area contributed by atoms with Crippen LogP contribution in [-0.4, -0.2) is 37.2 Å². The number of carbonyl (C=O) groups is 2. The SMILES string of the molecule is COc1cccc(C(=O)OCC(=O)NCC2CCCCC2)c1O. The minimum absolute atomic E-state index is 0.0237. The van der Waals surface area contributed by atoms with Crippen LogP contribution in [0, 0.1) is 5.92 Å². The fourth-order valence-electron chi connectivity index (χ4n) is 2.76. The minimum atomic E-state index is -0.755. The number of rotatable bonds is 6. The first kappa shape index (κ1) is 17.1. The molecule has 1 fully saturated rings. The second-order valence-electron chi connectivity index (χ2n) is 5.74. The van der Waals surface area contributed by atoms with E-state index in [2.05, 4.69) is 5.32 Å². The number of amides is 1. The van der Waals surface area contributed by atoms with Crippen LogP contribution in [0.4, 0.5) is 0 Å². The van der Waals surface area contributed by atoms with Crippen LogP contribution in [-0.2, 0) is 9.53 Å². The zero-order chi connectivity index (χ0) is 16.7. The van der Waals surface area contributed by atoms with Gasteiger partial charge in [0, 0.05) is 6.54 Å². The van der Waals surface area contributed by atoms with Gasteiger partial charge in [0.15, 0.2) is 18.1 Å². The molecule has 0 atom stereocenters. The molecule has 1 saturated carbocycles. The maximum absolute atomic E-state index is 11.9. The zero-order valence-electron chi connectivity index (χ0n) is 13.3. The maximum atomic E-state index is 11.9. The monoisotopic (exact) mass is 321 g/mol. The summed E-state index contributed by atoms with van der Waals surface area (Å²) in [7, 11) is 1.39. The van der Waals surface area contributed by atoms with Crippen LogP contribution in [0.3, 0.4) is 0 Å². The highest BCUT2D eigenvalue weighted by Crippen LogP contribution is 2.29. The molecule has 0 radical (unpaired) electrons. The van der Waals surface area contributed by atoms with Crippen molar-refractivity contribution in [3.63, 3.8) is 0 Å². The molecular weight excluding hydrogens is 298 g/mol. The smallest absolute Gasteiger partial charge is 0.342 e. The van der Waals surface area contributed by atoms with Gasteiger partial charge in [0.25, 0.3) is 5.91 Å². The summed E-state index contributed by atoms with van der Waals surface area (Å²) < 4.78 is 9.87. The number of hydrogen-bond acceptors (Lipinski definition) is 5. The lowest BCUT2D eigenvalue weighted by Crippen LogP contribution is -2.33. The van der Waals surface area contributed by atoms with Gasteiger partial charge < -0.3 is 19.9 Å². The molecule has 0 unspecified atom stereocenters. The Kier molecular flexibility index (Phi) is 6.26. The van der Waals surface area contributed by atoms with E-state index in [9.17, 15) is 14.7 Å². The van der Waals surface area contributed by atoms with Crippen molar-refractivity contribution in [1.29, 1.82) is 0 Å². The summed E-state index contributed by atoms with van der Waals surface area (Å²) in [6, 6.07) is 4.52. The van der Waals surface area contributed by atoms with Gasteiger partial charge in [0.2, 0.25) is 0 Å². The normalized spacial score (nSPS) is 15.0. The van der Waals surface area contributed by atoms with Crippen LogP contribution in [0.5, 0.6) is 11.5 Å². The van der Waals surface area contributed by atoms with E-state index in [1.165, 1.54) is 38.5 Å². The molecule has 0 aromatic heterocycles. The number of phenols is 1. The Bertz CT molecular complexity index is 552. The maximum Gasteiger partial charge on any atom is 0.342 e. The Morgan fingerprint density at radius 3 is 2.70 bits per heavy atom. The molecule has 1 aliphatic rings. The largest absolute Gasteiger partial charge is 0.504 e. The predicted molar refractivity (Wildman–Crippen MR) is 84.5 cm³/mol. The molecule has 1 aromatic rings. The molecule has 0 bridgehead atoms. The first-order valence-corrected chi connectivity index (χ1v) is 7.91. The lowest BCUT2D eigenvalue weighted by atomic mass is 9.89. The van der Waals surface area contributed by atoms with E-state index in [1.54, 1.807) is 6.07 Å². The third-order valence-corrected chi connectivity index (χ3v) is 4.09. The average molecular weight is 321 g/mol. The highest BCUT2D eigenvalue weighted by molar-refractivity contribution is 5.94.